The van der Waals surface area contributed by atoms with Crippen LogP contribution >= 0.6 is 0 Å². The van der Waals surface area contributed by atoms with E-state index >= 15 is 0 Å². The van der Waals surface area contributed by atoms with Gasteiger partial charge in [0, 0.05) is 31.6 Å². The van der Waals surface area contributed by atoms with Gasteiger partial charge in [0.25, 0.3) is 0 Å². The molecule has 0 aromatic carbocycles. The summed E-state index contributed by atoms with van der Waals surface area (Å²) >= 11 is 0. The molecule has 2 bridgehead atoms. The Labute approximate surface area is 108 Å². The normalized spacial score (nSPS) is 41.9. The third kappa shape index (κ3) is 1.20. The standard InChI is InChI=1S/C13H19N5/c14-5-11-7-17-9-12(6-15,10-18-8-11)13(11)1-3-16-4-2-13/h16-18H,1-4,7-10H2. The maximum atomic E-state index is 9.76. The second kappa shape index (κ2) is 3.93. The zero-order valence-electron chi connectivity index (χ0n) is 10.6. The lowest BCUT2D eigenvalue weighted by Crippen LogP contribution is -2.74. The molecule has 3 saturated heterocycles. The fourth-order valence-electron chi connectivity index (χ4n) is 4.42. The summed E-state index contributed by atoms with van der Waals surface area (Å²) in [7, 11) is 0. The van der Waals surface area contributed by atoms with Gasteiger partial charge >= 0.3 is 0 Å². The Morgan fingerprint density at radius 3 is 1.56 bits per heavy atom. The minimum atomic E-state index is -0.429. The predicted octanol–water partition coefficient (Wildman–Crippen LogP) is -0.417. The zero-order valence-corrected chi connectivity index (χ0v) is 10.6. The molecule has 0 amide bonds. The SMILES string of the molecule is N#CC12CNCC(C#N)(CNC1)C21CCNCC1. The second-order valence-electron chi connectivity index (χ2n) is 5.93. The van der Waals surface area contributed by atoms with E-state index in [-0.39, 0.29) is 5.41 Å². The van der Waals surface area contributed by atoms with Crippen molar-refractivity contribution in [2.75, 3.05) is 39.3 Å². The third-order valence-corrected chi connectivity index (χ3v) is 5.42. The molecule has 5 nitrogen and oxygen atoms in total. The van der Waals surface area contributed by atoms with E-state index in [0.717, 1.165) is 25.9 Å². The first-order valence-electron chi connectivity index (χ1n) is 6.69. The molecule has 0 saturated carbocycles. The van der Waals surface area contributed by atoms with E-state index in [1.54, 1.807) is 0 Å². The van der Waals surface area contributed by atoms with E-state index in [1.165, 1.54) is 0 Å². The highest BCUT2D eigenvalue weighted by molar-refractivity contribution is 5.29. The fourth-order valence-corrected chi connectivity index (χ4v) is 4.42. The van der Waals surface area contributed by atoms with E-state index in [9.17, 15) is 10.5 Å². The molecule has 3 N–H and O–H groups in total. The number of piperidine rings is 3. The first-order chi connectivity index (χ1) is 8.74. The summed E-state index contributed by atoms with van der Waals surface area (Å²) in [5, 5.41) is 29.6. The van der Waals surface area contributed by atoms with Crippen molar-refractivity contribution in [3.8, 4) is 12.1 Å². The molecule has 0 radical (unpaired) electrons. The molecule has 0 unspecified atom stereocenters. The molecule has 3 rings (SSSR count). The largest absolute Gasteiger partial charge is 0.317 e. The van der Waals surface area contributed by atoms with Gasteiger partial charge in [0.1, 0.15) is 0 Å². The van der Waals surface area contributed by atoms with Crippen molar-refractivity contribution in [1.29, 1.82) is 10.5 Å². The number of rotatable bonds is 0. The van der Waals surface area contributed by atoms with E-state index in [0.29, 0.717) is 26.2 Å². The maximum absolute atomic E-state index is 9.76. The highest BCUT2D eigenvalue weighted by Crippen LogP contribution is 2.60. The molecule has 3 aliphatic rings. The van der Waals surface area contributed by atoms with Crippen LogP contribution in [0.25, 0.3) is 0 Å². The number of nitrogens with one attached hydrogen (secondary N) is 3. The van der Waals surface area contributed by atoms with Crippen molar-refractivity contribution in [3.63, 3.8) is 0 Å². The molecule has 0 aliphatic carbocycles. The number of nitriles is 2. The fraction of sp³-hybridized carbons (Fsp3) is 0.846. The van der Waals surface area contributed by atoms with E-state index in [4.69, 9.17) is 0 Å². The van der Waals surface area contributed by atoms with Crippen LogP contribution in [-0.2, 0) is 0 Å². The van der Waals surface area contributed by atoms with Gasteiger partial charge < -0.3 is 16.0 Å². The van der Waals surface area contributed by atoms with Crippen molar-refractivity contribution < 1.29 is 0 Å². The van der Waals surface area contributed by atoms with Gasteiger partial charge in [0.05, 0.1) is 23.0 Å². The van der Waals surface area contributed by atoms with Gasteiger partial charge in [-0.15, -0.1) is 0 Å². The zero-order chi connectivity index (χ0) is 12.7. The average molecular weight is 245 g/mol. The molecule has 3 aliphatic heterocycles. The monoisotopic (exact) mass is 245 g/mol. The molecule has 18 heavy (non-hydrogen) atoms. The first-order valence-corrected chi connectivity index (χ1v) is 6.69. The minimum Gasteiger partial charge on any atom is -0.317 e. The number of hydrogen-bond donors (Lipinski definition) is 3. The maximum Gasteiger partial charge on any atom is 0.0894 e. The Bertz CT molecular complexity index is 382. The molecule has 0 aromatic heterocycles. The van der Waals surface area contributed by atoms with Crippen LogP contribution in [0, 0.1) is 38.9 Å². The molecule has 96 valence electrons. The summed E-state index contributed by atoms with van der Waals surface area (Å²) < 4.78 is 0. The molecule has 3 heterocycles. The lowest BCUT2D eigenvalue weighted by Gasteiger charge is -2.63. The smallest absolute Gasteiger partial charge is 0.0894 e. The molecule has 1 spiro atoms. The van der Waals surface area contributed by atoms with Crippen LogP contribution in [0.5, 0.6) is 0 Å². The van der Waals surface area contributed by atoms with Crippen molar-refractivity contribution in [1.82, 2.24) is 16.0 Å². The van der Waals surface area contributed by atoms with Crippen LogP contribution in [-0.4, -0.2) is 39.3 Å². The van der Waals surface area contributed by atoms with Gasteiger partial charge in [-0.2, -0.15) is 10.5 Å². The van der Waals surface area contributed by atoms with Crippen molar-refractivity contribution >= 4 is 0 Å². The van der Waals surface area contributed by atoms with Crippen molar-refractivity contribution in [2.24, 2.45) is 16.2 Å². The second-order valence-corrected chi connectivity index (χ2v) is 5.93. The van der Waals surface area contributed by atoms with Crippen LogP contribution in [0.1, 0.15) is 12.8 Å². The topological polar surface area (TPSA) is 83.7 Å². The van der Waals surface area contributed by atoms with E-state index in [2.05, 4.69) is 28.1 Å². The van der Waals surface area contributed by atoms with Crippen LogP contribution in [0.3, 0.4) is 0 Å². The molecule has 0 atom stereocenters. The number of hydrogen-bond acceptors (Lipinski definition) is 5. The lowest BCUT2D eigenvalue weighted by molar-refractivity contribution is -0.102. The van der Waals surface area contributed by atoms with Crippen molar-refractivity contribution in [2.45, 2.75) is 12.8 Å². The molecule has 5 heteroatoms. The van der Waals surface area contributed by atoms with E-state index < -0.39 is 10.8 Å². The van der Waals surface area contributed by atoms with Crippen LogP contribution in [0.2, 0.25) is 0 Å². The van der Waals surface area contributed by atoms with E-state index in [1.807, 2.05) is 0 Å². The summed E-state index contributed by atoms with van der Waals surface area (Å²) in [4.78, 5) is 0. The summed E-state index contributed by atoms with van der Waals surface area (Å²) in [5.41, 5.74) is -1.01. The first kappa shape index (κ1) is 11.9. The molecular weight excluding hydrogens is 226 g/mol. The van der Waals surface area contributed by atoms with Gasteiger partial charge in [-0.25, -0.2) is 0 Å². The van der Waals surface area contributed by atoms with Gasteiger partial charge in [-0.1, -0.05) is 0 Å². The van der Waals surface area contributed by atoms with Crippen LogP contribution in [0.15, 0.2) is 0 Å². The highest BCUT2D eigenvalue weighted by atomic mass is 15.1. The Morgan fingerprint density at radius 2 is 1.17 bits per heavy atom. The molecular formula is C13H19N5. The Morgan fingerprint density at radius 1 is 0.722 bits per heavy atom. The average Bonchev–Trinajstić information content (AvgIpc) is 2.40. The summed E-state index contributed by atoms with van der Waals surface area (Å²) in [6, 6.07) is 5.13. The summed E-state index contributed by atoms with van der Waals surface area (Å²) in [6.45, 7) is 4.68. The van der Waals surface area contributed by atoms with Gasteiger partial charge in [0.15, 0.2) is 0 Å². The third-order valence-electron chi connectivity index (χ3n) is 5.42. The quantitative estimate of drug-likeness (QED) is 0.540. The Kier molecular flexibility index (Phi) is 2.60. The predicted molar refractivity (Wildman–Crippen MR) is 66.4 cm³/mol. The van der Waals surface area contributed by atoms with Crippen molar-refractivity contribution in [3.05, 3.63) is 0 Å². The van der Waals surface area contributed by atoms with Gasteiger partial charge in [-0.3, -0.25) is 0 Å². The van der Waals surface area contributed by atoms with Gasteiger partial charge in [-0.05, 0) is 25.9 Å². The lowest BCUT2D eigenvalue weighted by atomic mass is 9.44. The summed E-state index contributed by atoms with van der Waals surface area (Å²) in [5.74, 6) is 0. The van der Waals surface area contributed by atoms with Crippen LogP contribution in [0.4, 0.5) is 0 Å². The van der Waals surface area contributed by atoms with Gasteiger partial charge in [0.2, 0.25) is 0 Å². The molecule has 0 aromatic rings. The van der Waals surface area contributed by atoms with Crippen LogP contribution < -0.4 is 16.0 Å². The Hall–Kier alpha value is -1.14. The highest BCUT2D eigenvalue weighted by Gasteiger charge is 2.67. The number of nitrogens with zero attached hydrogens (tertiary/aromatic N) is 2. The summed E-state index contributed by atoms with van der Waals surface area (Å²) in [6.07, 6.45) is 1.88. The Balaban J connectivity index is 2.14. The molecule has 3 fully saturated rings. The minimum absolute atomic E-state index is 0.148.